The second-order valence-corrected chi connectivity index (χ2v) is 7.68. The fourth-order valence-electron chi connectivity index (χ4n) is 3.29. The van der Waals surface area contributed by atoms with Gasteiger partial charge >= 0.3 is 0 Å². The second-order valence-electron chi connectivity index (χ2n) is 7.24. The number of carbonyl (C=O) groups is 1. The van der Waals surface area contributed by atoms with Gasteiger partial charge in [-0.1, -0.05) is 60.1 Å². The fourth-order valence-corrected chi connectivity index (χ4v) is 3.46. The Morgan fingerprint density at radius 3 is 2.45 bits per heavy atom. The van der Waals surface area contributed by atoms with Crippen LogP contribution in [0.5, 0.6) is 5.75 Å². The number of hydrogen-bond donors (Lipinski definition) is 2. The van der Waals surface area contributed by atoms with Gasteiger partial charge in [0.05, 0.1) is 11.3 Å². The average molecular weight is 430 g/mol. The maximum absolute atomic E-state index is 13.0. The minimum absolute atomic E-state index is 0.124. The summed E-state index contributed by atoms with van der Waals surface area (Å²) < 4.78 is 0. The zero-order valence-corrected chi connectivity index (χ0v) is 17.8. The molecule has 0 aliphatic carbocycles. The number of phenolic OH excluding ortho intramolecular Hbond substituents is 1. The van der Waals surface area contributed by atoms with Gasteiger partial charge in [0.15, 0.2) is 5.75 Å². The number of nitrogens with zero attached hydrogens (tertiary/aromatic N) is 2. The summed E-state index contributed by atoms with van der Waals surface area (Å²) in [5, 5.41) is 24.4. The second kappa shape index (κ2) is 8.58. The number of anilines is 1. The van der Waals surface area contributed by atoms with Crippen LogP contribution in [0.25, 0.3) is 10.8 Å². The summed E-state index contributed by atoms with van der Waals surface area (Å²) in [6.45, 7) is 3.80. The topological polar surface area (TPSA) is 74.0 Å². The molecule has 0 saturated carbocycles. The van der Waals surface area contributed by atoms with Crippen LogP contribution in [-0.2, 0) is 0 Å². The van der Waals surface area contributed by atoms with Crippen molar-refractivity contribution in [3.8, 4) is 5.75 Å². The number of phenols is 1. The summed E-state index contributed by atoms with van der Waals surface area (Å²) in [5.74, 6) is -0.652. The number of para-hydroxylation sites is 1. The van der Waals surface area contributed by atoms with Crippen molar-refractivity contribution < 1.29 is 9.90 Å². The van der Waals surface area contributed by atoms with Crippen LogP contribution in [0.2, 0.25) is 5.02 Å². The van der Waals surface area contributed by atoms with Crippen LogP contribution < -0.4 is 5.32 Å². The highest BCUT2D eigenvalue weighted by Gasteiger charge is 2.19. The number of fused-ring (bicyclic) bond motifs is 1. The van der Waals surface area contributed by atoms with Gasteiger partial charge in [-0.25, -0.2) is 0 Å². The number of aryl methyl sites for hydroxylation is 2. The van der Waals surface area contributed by atoms with Gasteiger partial charge in [0, 0.05) is 16.1 Å². The summed E-state index contributed by atoms with van der Waals surface area (Å²) in [6.07, 6.45) is 0. The molecule has 4 aromatic rings. The lowest BCUT2D eigenvalue weighted by Crippen LogP contribution is -2.13. The number of aromatic hydroxyl groups is 1. The minimum atomic E-state index is -0.423. The molecule has 0 aromatic heterocycles. The van der Waals surface area contributed by atoms with Crippen molar-refractivity contribution in [2.45, 2.75) is 13.8 Å². The largest absolute Gasteiger partial charge is 0.505 e. The molecule has 0 unspecified atom stereocenters. The summed E-state index contributed by atoms with van der Waals surface area (Å²) >= 11 is 6.08. The first-order chi connectivity index (χ1) is 14.9. The average Bonchev–Trinajstić information content (AvgIpc) is 2.76. The number of azo groups is 1. The lowest BCUT2D eigenvalue weighted by molar-refractivity contribution is 0.102. The van der Waals surface area contributed by atoms with Crippen molar-refractivity contribution in [3.63, 3.8) is 0 Å². The maximum atomic E-state index is 13.0. The first-order valence-corrected chi connectivity index (χ1v) is 10.1. The molecule has 5 nitrogen and oxygen atoms in total. The van der Waals surface area contributed by atoms with Crippen LogP contribution >= 0.6 is 11.6 Å². The van der Waals surface area contributed by atoms with Gasteiger partial charge in [-0.3, -0.25) is 4.79 Å². The summed E-state index contributed by atoms with van der Waals surface area (Å²) in [4.78, 5) is 13.0. The van der Waals surface area contributed by atoms with Crippen molar-refractivity contribution in [2.24, 2.45) is 10.2 Å². The lowest BCUT2D eigenvalue weighted by Gasteiger charge is -2.12. The molecule has 0 fully saturated rings. The van der Waals surface area contributed by atoms with E-state index in [2.05, 4.69) is 15.5 Å². The van der Waals surface area contributed by atoms with Crippen LogP contribution in [0.1, 0.15) is 21.5 Å². The van der Waals surface area contributed by atoms with Crippen molar-refractivity contribution in [1.29, 1.82) is 0 Å². The molecule has 154 valence electrons. The van der Waals surface area contributed by atoms with Crippen LogP contribution in [0.3, 0.4) is 0 Å². The Morgan fingerprint density at radius 1 is 0.903 bits per heavy atom. The number of hydrogen-bond acceptors (Lipinski definition) is 4. The zero-order valence-electron chi connectivity index (χ0n) is 17.1. The molecule has 4 rings (SSSR count). The van der Waals surface area contributed by atoms with Gasteiger partial charge in [0.1, 0.15) is 5.69 Å². The number of rotatable bonds is 4. The summed E-state index contributed by atoms with van der Waals surface area (Å²) in [7, 11) is 0. The van der Waals surface area contributed by atoms with Gasteiger partial charge < -0.3 is 10.4 Å². The number of benzene rings is 4. The van der Waals surface area contributed by atoms with Gasteiger partial charge in [-0.2, -0.15) is 5.11 Å². The van der Waals surface area contributed by atoms with E-state index in [-0.39, 0.29) is 17.0 Å². The molecule has 4 aromatic carbocycles. The third-order valence-corrected chi connectivity index (χ3v) is 5.30. The Morgan fingerprint density at radius 2 is 1.65 bits per heavy atom. The van der Waals surface area contributed by atoms with Crippen LogP contribution in [-0.4, -0.2) is 11.0 Å². The SMILES string of the molecule is Cc1ccc(Cl)cc1N=Nc1c(O)c(C(=O)Nc2ccccc2C)cc2ccccc12. The molecule has 0 heterocycles. The Hall–Kier alpha value is -3.70. The molecule has 0 aliphatic rings. The van der Waals surface area contributed by atoms with E-state index in [0.717, 1.165) is 16.5 Å². The van der Waals surface area contributed by atoms with Crippen molar-refractivity contribution in [1.82, 2.24) is 0 Å². The van der Waals surface area contributed by atoms with Gasteiger partial charge in [-0.15, -0.1) is 5.11 Å². The molecule has 2 N–H and O–H groups in total. The highest BCUT2D eigenvalue weighted by molar-refractivity contribution is 6.30. The van der Waals surface area contributed by atoms with E-state index in [9.17, 15) is 9.90 Å². The molecule has 0 aliphatic heterocycles. The Kier molecular flexibility index (Phi) is 5.69. The standard InChI is InChI=1S/C25H20ClN3O2/c1-15-7-3-6-10-21(15)27-25(31)20-13-17-8-4-5-9-19(17)23(24(20)30)29-28-22-14-18(26)12-11-16(22)2/h3-14,30H,1-2H3,(H,27,31). The van der Waals surface area contributed by atoms with Gasteiger partial charge in [-0.05, 0) is 54.6 Å². The number of carbonyl (C=O) groups excluding carboxylic acids is 1. The highest BCUT2D eigenvalue weighted by atomic mass is 35.5. The van der Waals surface area contributed by atoms with Crippen molar-refractivity contribution in [2.75, 3.05) is 5.32 Å². The smallest absolute Gasteiger partial charge is 0.259 e. The molecule has 0 saturated heterocycles. The normalized spacial score (nSPS) is 11.2. The molecule has 0 spiro atoms. The molecule has 31 heavy (non-hydrogen) atoms. The highest BCUT2D eigenvalue weighted by Crippen LogP contribution is 2.40. The third kappa shape index (κ3) is 4.27. The molecule has 6 heteroatoms. The van der Waals surface area contributed by atoms with Crippen molar-refractivity contribution >= 4 is 45.3 Å². The first-order valence-electron chi connectivity index (χ1n) is 9.73. The Labute approximate surface area is 185 Å². The number of amides is 1. The minimum Gasteiger partial charge on any atom is -0.505 e. The maximum Gasteiger partial charge on any atom is 0.259 e. The number of halogens is 1. The van der Waals surface area contributed by atoms with E-state index in [1.54, 1.807) is 18.2 Å². The van der Waals surface area contributed by atoms with E-state index in [1.165, 1.54) is 0 Å². The predicted molar refractivity (Wildman–Crippen MR) is 125 cm³/mol. The Balaban J connectivity index is 1.81. The first kappa shape index (κ1) is 20.6. The monoisotopic (exact) mass is 429 g/mol. The lowest BCUT2D eigenvalue weighted by atomic mass is 10.0. The van der Waals surface area contributed by atoms with E-state index in [4.69, 9.17) is 11.6 Å². The van der Waals surface area contributed by atoms with E-state index >= 15 is 0 Å². The fraction of sp³-hybridized carbons (Fsp3) is 0.0800. The van der Waals surface area contributed by atoms with E-state index in [0.29, 0.717) is 21.8 Å². The summed E-state index contributed by atoms with van der Waals surface area (Å²) in [6, 6.07) is 21.8. The molecule has 0 radical (unpaired) electrons. The van der Waals surface area contributed by atoms with Crippen molar-refractivity contribution in [3.05, 3.63) is 94.5 Å². The van der Waals surface area contributed by atoms with Gasteiger partial charge in [0.2, 0.25) is 0 Å². The quantitative estimate of drug-likeness (QED) is 0.330. The molecular formula is C25H20ClN3O2. The third-order valence-electron chi connectivity index (χ3n) is 5.06. The predicted octanol–water partition coefficient (Wildman–Crippen LogP) is 7.48. The van der Waals surface area contributed by atoms with E-state index in [1.807, 2.05) is 68.4 Å². The Bertz CT molecular complexity index is 1330. The summed E-state index contributed by atoms with van der Waals surface area (Å²) in [5.41, 5.74) is 3.44. The molecule has 0 atom stereocenters. The van der Waals surface area contributed by atoms with Crippen LogP contribution in [0.4, 0.5) is 17.1 Å². The zero-order chi connectivity index (χ0) is 22.0. The van der Waals surface area contributed by atoms with Crippen LogP contribution in [0, 0.1) is 13.8 Å². The van der Waals surface area contributed by atoms with Crippen LogP contribution in [0.15, 0.2) is 83.0 Å². The molecular weight excluding hydrogens is 410 g/mol. The van der Waals surface area contributed by atoms with Gasteiger partial charge in [0.25, 0.3) is 5.91 Å². The molecule has 0 bridgehead atoms. The number of nitrogens with one attached hydrogen (secondary N) is 1. The molecule has 1 amide bonds. The van der Waals surface area contributed by atoms with E-state index < -0.39 is 5.91 Å².